The van der Waals surface area contributed by atoms with E-state index in [0.717, 1.165) is 0 Å². The third-order valence-corrected chi connectivity index (χ3v) is 2.51. The minimum absolute atomic E-state index is 0.149. The standard InChI is InChI=1S/C9H16N2O4/c10-4-1-7(12)11-9(8(13)14)2-5-15-6-3-9/h1-6,10H2,(H,11,12)(H,13,14). The molecule has 0 bridgehead atoms. The van der Waals surface area contributed by atoms with E-state index >= 15 is 0 Å². The Morgan fingerprint density at radius 2 is 2.00 bits per heavy atom. The van der Waals surface area contributed by atoms with Crippen molar-refractivity contribution in [3.63, 3.8) is 0 Å². The van der Waals surface area contributed by atoms with Gasteiger partial charge in [0.25, 0.3) is 0 Å². The van der Waals surface area contributed by atoms with Crippen molar-refractivity contribution in [1.82, 2.24) is 5.32 Å². The first kappa shape index (κ1) is 11.9. The van der Waals surface area contributed by atoms with Crippen molar-refractivity contribution >= 4 is 11.9 Å². The highest BCUT2D eigenvalue weighted by Crippen LogP contribution is 2.21. The van der Waals surface area contributed by atoms with Gasteiger partial charge in [-0.1, -0.05) is 0 Å². The maximum absolute atomic E-state index is 11.3. The summed E-state index contributed by atoms with van der Waals surface area (Å²) in [6.07, 6.45) is 0.757. The van der Waals surface area contributed by atoms with Gasteiger partial charge in [-0.25, -0.2) is 4.79 Å². The van der Waals surface area contributed by atoms with Crippen molar-refractivity contribution < 1.29 is 19.4 Å². The van der Waals surface area contributed by atoms with Gasteiger partial charge in [0, 0.05) is 39.0 Å². The monoisotopic (exact) mass is 216 g/mol. The number of carboxylic acids is 1. The second-order valence-electron chi connectivity index (χ2n) is 3.59. The molecule has 0 aliphatic carbocycles. The van der Waals surface area contributed by atoms with Gasteiger partial charge in [-0.15, -0.1) is 0 Å². The van der Waals surface area contributed by atoms with Crippen LogP contribution in [0.5, 0.6) is 0 Å². The zero-order chi connectivity index (χ0) is 11.3. The van der Waals surface area contributed by atoms with Gasteiger partial charge in [-0.05, 0) is 0 Å². The summed E-state index contributed by atoms with van der Waals surface area (Å²) < 4.78 is 5.08. The van der Waals surface area contributed by atoms with E-state index in [4.69, 9.17) is 15.6 Å². The number of nitrogens with one attached hydrogen (secondary N) is 1. The number of ether oxygens (including phenoxy) is 1. The first-order valence-electron chi connectivity index (χ1n) is 4.93. The van der Waals surface area contributed by atoms with Crippen molar-refractivity contribution in [2.24, 2.45) is 5.73 Å². The summed E-state index contributed by atoms with van der Waals surface area (Å²) in [7, 11) is 0. The van der Waals surface area contributed by atoms with Crippen LogP contribution in [0.4, 0.5) is 0 Å². The molecule has 1 aliphatic heterocycles. The SMILES string of the molecule is NCCC(=O)NC1(C(=O)O)CCOCC1. The highest BCUT2D eigenvalue weighted by atomic mass is 16.5. The van der Waals surface area contributed by atoms with Crippen LogP contribution in [-0.4, -0.2) is 42.3 Å². The van der Waals surface area contributed by atoms with Crippen LogP contribution in [-0.2, 0) is 14.3 Å². The number of carboxylic acid groups (broad SMARTS) is 1. The Hall–Kier alpha value is -1.14. The van der Waals surface area contributed by atoms with Gasteiger partial charge >= 0.3 is 5.97 Å². The molecule has 1 rings (SSSR count). The molecule has 0 aromatic rings. The van der Waals surface area contributed by atoms with Crippen LogP contribution in [0, 0.1) is 0 Å². The summed E-state index contributed by atoms with van der Waals surface area (Å²) in [5, 5.41) is 11.6. The molecule has 6 heteroatoms. The molecular formula is C9H16N2O4. The largest absolute Gasteiger partial charge is 0.480 e. The first-order chi connectivity index (χ1) is 7.10. The van der Waals surface area contributed by atoms with Crippen LogP contribution in [0.25, 0.3) is 0 Å². The van der Waals surface area contributed by atoms with Crippen LogP contribution < -0.4 is 11.1 Å². The Labute approximate surface area is 87.8 Å². The summed E-state index contributed by atoms with van der Waals surface area (Å²) in [5.74, 6) is -1.32. The average molecular weight is 216 g/mol. The van der Waals surface area contributed by atoms with Gasteiger partial charge in [0.1, 0.15) is 5.54 Å². The van der Waals surface area contributed by atoms with E-state index in [1.165, 1.54) is 0 Å². The molecule has 1 heterocycles. The van der Waals surface area contributed by atoms with E-state index in [1.54, 1.807) is 0 Å². The number of nitrogens with two attached hydrogens (primary N) is 1. The second-order valence-corrected chi connectivity index (χ2v) is 3.59. The maximum Gasteiger partial charge on any atom is 0.329 e. The predicted octanol–water partition coefficient (Wildman–Crippen LogP) is -0.915. The topological polar surface area (TPSA) is 102 Å². The van der Waals surface area contributed by atoms with Crippen LogP contribution in [0.3, 0.4) is 0 Å². The lowest BCUT2D eigenvalue weighted by molar-refractivity contribution is -0.152. The fourth-order valence-corrected chi connectivity index (χ4v) is 1.57. The molecule has 4 N–H and O–H groups in total. The minimum atomic E-state index is -1.16. The zero-order valence-corrected chi connectivity index (χ0v) is 8.49. The first-order valence-corrected chi connectivity index (χ1v) is 4.93. The number of rotatable bonds is 4. The normalized spacial score (nSPS) is 19.5. The lowest BCUT2D eigenvalue weighted by atomic mass is 9.90. The second kappa shape index (κ2) is 5.09. The van der Waals surface area contributed by atoms with Crippen molar-refractivity contribution in [1.29, 1.82) is 0 Å². The summed E-state index contributed by atoms with van der Waals surface area (Å²) >= 11 is 0. The Morgan fingerprint density at radius 1 is 1.40 bits per heavy atom. The van der Waals surface area contributed by atoms with Gasteiger partial charge in [0.05, 0.1) is 0 Å². The molecule has 15 heavy (non-hydrogen) atoms. The zero-order valence-electron chi connectivity index (χ0n) is 8.49. The molecule has 6 nitrogen and oxygen atoms in total. The van der Waals surface area contributed by atoms with E-state index in [0.29, 0.717) is 26.1 Å². The van der Waals surface area contributed by atoms with Crippen molar-refractivity contribution in [2.45, 2.75) is 24.8 Å². The van der Waals surface area contributed by atoms with Crippen molar-refractivity contribution in [2.75, 3.05) is 19.8 Å². The minimum Gasteiger partial charge on any atom is -0.480 e. The fraction of sp³-hybridized carbons (Fsp3) is 0.778. The van der Waals surface area contributed by atoms with E-state index in [-0.39, 0.29) is 18.9 Å². The molecule has 1 fully saturated rings. The molecule has 0 saturated carbocycles. The number of amides is 1. The Morgan fingerprint density at radius 3 is 2.47 bits per heavy atom. The van der Waals surface area contributed by atoms with Crippen molar-refractivity contribution in [3.8, 4) is 0 Å². The quantitative estimate of drug-likeness (QED) is 0.564. The smallest absolute Gasteiger partial charge is 0.329 e. The van der Waals surface area contributed by atoms with Crippen LogP contribution in [0.15, 0.2) is 0 Å². The van der Waals surface area contributed by atoms with Gasteiger partial charge in [0.15, 0.2) is 0 Å². The van der Waals surface area contributed by atoms with E-state index in [9.17, 15) is 9.59 Å². The van der Waals surface area contributed by atoms with Crippen LogP contribution >= 0.6 is 0 Å². The predicted molar refractivity (Wildman–Crippen MR) is 52.2 cm³/mol. The van der Waals surface area contributed by atoms with Gasteiger partial charge in [-0.3, -0.25) is 4.79 Å². The summed E-state index contributed by atoms with van der Waals surface area (Å²) in [6, 6.07) is 0. The molecule has 0 aromatic heterocycles. The maximum atomic E-state index is 11.3. The van der Waals surface area contributed by atoms with E-state index < -0.39 is 11.5 Å². The third-order valence-electron chi connectivity index (χ3n) is 2.51. The molecule has 0 spiro atoms. The van der Waals surface area contributed by atoms with E-state index in [2.05, 4.69) is 5.32 Å². The molecule has 0 radical (unpaired) electrons. The van der Waals surface area contributed by atoms with Crippen LogP contribution in [0.1, 0.15) is 19.3 Å². The lowest BCUT2D eigenvalue weighted by Crippen LogP contribution is -2.57. The molecule has 1 amide bonds. The molecular weight excluding hydrogens is 200 g/mol. The number of aliphatic carboxylic acids is 1. The number of carbonyl (C=O) groups is 2. The highest BCUT2D eigenvalue weighted by Gasteiger charge is 2.41. The van der Waals surface area contributed by atoms with E-state index in [1.807, 2.05) is 0 Å². The Bertz CT molecular complexity index is 248. The fourth-order valence-electron chi connectivity index (χ4n) is 1.57. The highest BCUT2D eigenvalue weighted by molar-refractivity contribution is 5.87. The number of hydrogen-bond donors (Lipinski definition) is 3. The van der Waals surface area contributed by atoms with Crippen LogP contribution in [0.2, 0.25) is 0 Å². The Kier molecular flexibility index (Phi) is 4.05. The van der Waals surface area contributed by atoms with Crippen molar-refractivity contribution in [3.05, 3.63) is 0 Å². The summed E-state index contributed by atoms with van der Waals surface area (Å²) in [4.78, 5) is 22.4. The Balaban J connectivity index is 2.64. The molecule has 0 unspecified atom stereocenters. The number of hydrogen-bond acceptors (Lipinski definition) is 4. The lowest BCUT2D eigenvalue weighted by Gasteiger charge is -2.33. The molecule has 0 aromatic carbocycles. The van der Waals surface area contributed by atoms with Gasteiger partial charge in [-0.2, -0.15) is 0 Å². The summed E-state index contributed by atoms with van der Waals surface area (Å²) in [6.45, 7) is 0.933. The molecule has 0 atom stereocenters. The third kappa shape index (κ3) is 2.90. The molecule has 1 aliphatic rings. The summed E-state index contributed by atoms with van der Waals surface area (Å²) in [5.41, 5.74) is 4.06. The molecule has 1 saturated heterocycles. The average Bonchev–Trinajstić information content (AvgIpc) is 2.19. The van der Waals surface area contributed by atoms with Gasteiger partial charge < -0.3 is 20.9 Å². The number of carbonyl (C=O) groups excluding carboxylic acids is 1. The molecule has 86 valence electrons. The van der Waals surface area contributed by atoms with Gasteiger partial charge in [0.2, 0.25) is 5.91 Å².